The minimum atomic E-state index is -0.533. The summed E-state index contributed by atoms with van der Waals surface area (Å²) in [6, 6.07) is 26.6. The molecular formula is C27H25N3O2. The van der Waals surface area contributed by atoms with E-state index in [2.05, 4.69) is 36.3 Å². The maximum absolute atomic E-state index is 13.5. The molecular weight excluding hydrogens is 398 g/mol. The van der Waals surface area contributed by atoms with Crippen LogP contribution in [0.3, 0.4) is 0 Å². The highest BCUT2D eigenvalue weighted by Crippen LogP contribution is 2.33. The Labute approximate surface area is 187 Å². The summed E-state index contributed by atoms with van der Waals surface area (Å²) in [4.78, 5) is 26.5. The fourth-order valence-electron chi connectivity index (χ4n) is 3.79. The third-order valence-corrected chi connectivity index (χ3v) is 5.30. The van der Waals surface area contributed by atoms with Crippen LogP contribution < -0.4 is 10.9 Å². The van der Waals surface area contributed by atoms with E-state index in [4.69, 9.17) is 0 Å². The standard InChI is InChI=1S/C27H25N3O2/c1-27(2,3)20-16-10-11-17-21(20)28-25(31)23-22(18-12-6-4-7-13-18)24(29-30-26(23)32)19-14-8-5-9-15-19/h4-17H,1-3H3,(H,28,31)(H,30,32). The first-order chi connectivity index (χ1) is 15.4. The fraction of sp³-hybridized carbons (Fsp3) is 0.148. The van der Waals surface area contributed by atoms with Gasteiger partial charge in [0, 0.05) is 16.8 Å². The average molecular weight is 424 g/mol. The molecule has 4 aromatic rings. The van der Waals surface area contributed by atoms with Gasteiger partial charge in [0.1, 0.15) is 5.56 Å². The second-order valence-corrected chi connectivity index (χ2v) is 8.63. The van der Waals surface area contributed by atoms with E-state index in [1.54, 1.807) is 0 Å². The highest BCUT2D eigenvalue weighted by atomic mass is 16.2. The molecule has 3 aromatic carbocycles. The number of carbonyl (C=O) groups is 1. The number of nitrogens with zero attached hydrogens (tertiary/aromatic N) is 1. The van der Waals surface area contributed by atoms with Crippen LogP contribution in [-0.2, 0) is 5.41 Å². The number of benzene rings is 3. The van der Waals surface area contributed by atoms with E-state index in [1.807, 2.05) is 84.9 Å². The van der Waals surface area contributed by atoms with Gasteiger partial charge >= 0.3 is 0 Å². The summed E-state index contributed by atoms with van der Waals surface area (Å²) in [5.74, 6) is -0.471. The second-order valence-electron chi connectivity index (χ2n) is 8.63. The largest absolute Gasteiger partial charge is 0.322 e. The maximum Gasteiger partial charge on any atom is 0.277 e. The van der Waals surface area contributed by atoms with Gasteiger partial charge in [-0.25, -0.2) is 5.10 Å². The Morgan fingerprint density at radius 1 is 0.812 bits per heavy atom. The molecule has 0 fully saturated rings. The lowest BCUT2D eigenvalue weighted by Gasteiger charge is -2.23. The number of anilines is 1. The van der Waals surface area contributed by atoms with E-state index < -0.39 is 11.5 Å². The van der Waals surface area contributed by atoms with Crippen molar-refractivity contribution in [2.75, 3.05) is 5.32 Å². The lowest BCUT2D eigenvalue weighted by Crippen LogP contribution is -2.27. The number of carbonyl (C=O) groups excluding carboxylic acids is 1. The average Bonchev–Trinajstić information content (AvgIpc) is 2.79. The summed E-state index contributed by atoms with van der Waals surface area (Å²) in [5, 5.41) is 9.81. The van der Waals surface area contributed by atoms with Crippen molar-refractivity contribution in [2.45, 2.75) is 26.2 Å². The molecule has 0 aliphatic carbocycles. The molecule has 0 aliphatic heterocycles. The number of rotatable bonds is 4. The molecule has 0 unspecified atom stereocenters. The van der Waals surface area contributed by atoms with Crippen LogP contribution in [0.2, 0.25) is 0 Å². The van der Waals surface area contributed by atoms with Crippen molar-refractivity contribution in [2.24, 2.45) is 0 Å². The summed E-state index contributed by atoms with van der Waals surface area (Å²) in [6.45, 7) is 6.25. The van der Waals surface area contributed by atoms with Crippen LogP contribution in [0, 0.1) is 0 Å². The van der Waals surface area contributed by atoms with E-state index in [0.717, 1.165) is 16.7 Å². The molecule has 160 valence electrons. The van der Waals surface area contributed by atoms with Gasteiger partial charge in [0.15, 0.2) is 0 Å². The van der Waals surface area contributed by atoms with Gasteiger partial charge < -0.3 is 5.32 Å². The highest BCUT2D eigenvalue weighted by molar-refractivity contribution is 6.10. The van der Waals surface area contributed by atoms with Crippen molar-refractivity contribution in [3.8, 4) is 22.4 Å². The van der Waals surface area contributed by atoms with E-state index in [9.17, 15) is 9.59 Å². The van der Waals surface area contributed by atoms with Crippen LogP contribution in [0.4, 0.5) is 5.69 Å². The molecule has 5 nitrogen and oxygen atoms in total. The lowest BCUT2D eigenvalue weighted by molar-refractivity contribution is 0.102. The molecule has 4 rings (SSSR count). The molecule has 0 bridgehead atoms. The van der Waals surface area contributed by atoms with Crippen molar-refractivity contribution < 1.29 is 4.79 Å². The molecule has 0 spiro atoms. The summed E-state index contributed by atoms with van der Waals surface area (Å²) >= 11 is 0. The van der Waals surface area contributed by atoms with E-state index in [0.29, 0.717) is 16.9 Å². The molecule has 0 atom stereocenters. The monoisotopic (exact) mass is 423 g/mol. The van der Waals surface area contributed by atoms with E-state index >= 15 is 0 Å². The Balaban J connectivity index is 1.90. The SMILES string of the molecule is CC(C)(C)c1ccccc1NC(=O)c1c(-c2ccccc2)c(-c2ccccc2)n[nH]c1=O. The molecule has 32 heavy (non-hydrogen) atoms. The first kappa shape index (κ1) is 21.2. The molecule has 0 radical (unpaired) electrons. The zero-order chi connectivity index (χ0) is 22.7. The molecule has 0 aliphatic rings. The van der Waals surface area contributed by atoms with Crippen LogP contribution in [-0.4, -0.2) is 16.1 Å². The van der Waals surface area contributed by atoms with Gasteiger partial charge in [0.2, 0.25) is 0 Å². The van der Waals surface area contributed by atoms with Crippen LogP contribution in [0.5, 0.6) is 0 Å². The smallest absolute Gasteiger partial charge is 0.277 e. The second kappa shape index (κ2) is 8.63. The topological polar surface area (TPSA) is 74.8 Å². The van der Waals surface area contributed by atoms with Crippen molar-refractivity contribution in [1.82, 2.24) is 10.2 Å². The number of hydrogen-bond donors (Lipinski definition) is 2. The number of hydrogen-bond acceptors (Lipinski definition) is 3. The minimum absolute atomic E-state index is 0.0359. The minimum Gasteiger partial charge on any atom is -0.322 e. The summed E-state index contributed by atoms with van der Waals surface area (Å²) in [6.07, 6.45) is 0. The zero-order valence-electron chi connectivity index (χ0n) is 18.3. The Kier molecular flexibility index (Phi) is 5.73. The summed E-state index contributed by atoms with van der Waals surface area (Å²) in [5.41, 5.74) is 3.61. The van der Waals surface area contributed by atoms with Gasteiger partial charge in [-0.3, -0.25) is 9.59 Å². The zero-order valence-corrected chi connectivity index (χ0v) is 18.3. The van der Waals surface area contributed by atoms with Crippen molar-refractivity contribution in [1.29, 1.82) is 0 Å². The number of para-hydroxylation sites is 1. The van der Waals surface area contributed by atoms with Crippen LogP contribution in [0.15, 0.2) is 89.7 Å². The first-order valence-corrected chi connectivity index (χ1v) is 10.5. The first-order valence-electron chi connectivity index (χ1n) is 10.5. The number of aromatic nitrogens is 2. The molecule has 1 heterocycles. The Hall–Kier alpha value is -3.99. The molecule has 0 saturated heterocycles. The summed E-state index contributed by atoms with van der Waals surface area (Å²) < 4.78 is 0. The van der Waals surface area contributed by atoms with Gasteiger partial charge in [-0.1, -0.05) is 99.6 Å². The number of H-pyrrole nitrogens is 1. The number of amides is 1. The van der Waals surface area contributed by atoms with Crippen LogP contribution in [0.1, 0.15) is 36.7 Å². The fourth-order valence-corrected chi connectivity index (χ4v) is 3.79. The van der Waals surface area contributed by atoms with Gasteiger partial charge in [0.05, 0.1) is 5.69 Å². The van der Waals surface area contributed by atoms with Crippen LogP contribution >= 0.6 is 0 Å². The van der Waals surface area contributed by atoms with Crippen molar-refractivity contribution in [3.63, 3.8) is 0 Å². The van der Waals surface area contributed by atoms with E-state index in [1.165, 1.54) is 0 Å². The van der Waals surface area contributed by atoms with Crippen molar-refractivity contribution >= 4 is 11.6 Å². The van der Waals surface area contributed by atoms with Crippen molar-refractivity contribution in [3.05, 3.63) is 106 Å². The molecule has 1 amide bonds. The molecule has 0 saturated carbocycles. The molecule has 1 aromatic heterocycles. The highest BCUT2D eigenvalue weighted by Gasteiger charge is 2.25. The quantitative estimate of drug-likeness (QED) is 0.445. The lowest BCUT2D eigenvalue weighted by atomic mass is 9.85. The van der Waals surface area contributed by atoms with Gasteiger partial charge in [-0.15, -0.1) is 0 Å². The van der Waals surface area contributed by atoms with Crippen LogP contribution in [0.25, 0.3) is 22.4 Å². The number of aromatic amines is 1. The van der Waals surface area contributed by atoms with E-state index in [-0.39, 0.29) is 11.0 Å². The molecule has 5 heteroatoms. The van der Waals surface area contributed by atoms with Gasteiger partial charge in [0.25, 0.3) is 11.5 Å². The normalized spacial score (nSPS) is 11.2. The molecule has 2 N–H and O–H groups in total. The third-order valence-electron chi connectivity index (χ3n) is 5.30. The predicted molar refractivity (Wildman–Crippen MR) is 129 cm³/mol. The third kappa shape index (κ3) is 4.23. The Bertz CT molecular complexity index is 1300. The Morgan fingerprint density at radius 3 is 2.00 bits per heavy atom. The number of nitrogens with one attached hydrogen (secondary N) is 2. The predicted octanol–water partition coefficient (Wildman–Crippen LogP) is 5.65. The maximum atomic E-state index is 13.5. The van der Waals surface area contributed by atoms with Gasteiger partial charge in [-0.05, 0) is 22.6 Å². The summed E-state index contributed by atoms with van der Waals surface area (Å²) in [7, 11) is 0. The Morgan fingerprint density at radius 2 is 1.38 bits per heavy atom. The van der Waals surface area contributed by atoms with Gasteiger partial charge in [-0.2, -0.15) is 5.10 Å².